The van der Waals surface area contributed by atoms with Gasteiger partial charge in [-0.05, 0) is 24.1 Å². The van der Waals surface area contributed by atoms with Crippen LogP contribution in [0.2, 0.25) is 5.02 Å². The van der Waals surface area contributed by atoms with Crippen molar-refractivity contribution in [3.63, 3.8) is 0 Å². The first-order chi connectivity index (χ1) is 7.51. The number of aliphatic carboxylic acids is 1. The van der Waals surface area contributed by atoms with Gasteiger partial charge in [-0.15, -0.1) is 0 Å². The minimum atomic E-state index is -1.13. The average molecular weight is 244 g/mol. The SMILES string of the molecule is CCc1cc(Cl)c(OC)c(C(N)C(=O)O)c1. The quantitative estimate of drug-likeness (QED) is 0.848. The number of halogens is 1. The van der Waals surface area contributed by atoms with Crippen LogP contribution in [-0.4, -0.2) is 18.2 Å². The lowest BCUT2D eigenvalue weighted by Gasteiger charge is -2.15. The summed E-state index contributed by atoms with van der Waals surface area (Å²) in [5.41, 5.74) is 6.90. The molecule has 0 spiro atoms. The van der Waals surface area contributed by atoms with Crippen LogP contribution in [0.1, 0.15) is 24.1 Å². The van der Waals surface area contributed by atoms with E-state index in [9.17, 15) is 4.79 Å². The van der Waals surface area contributed by atoms with Crippen LogP contribution in [-0.2, 0) is 11.2 Å². The number of ether oxygens (including phenoxy) is 1. The highest BCUT2D eigenvalue weighted by molar-refractivity contribution is 6.32. The van der Waals surface area contributed by atoms with Gasteiger partial charge in [0.1, 0.15) is 11.8 Å². The van der Waals surface area contributed by atoms with Crippen molar-refractivity contribution in [1.82, 2.24) is 0 Å². The molecule has 1 atom stereocenters. The Kier molecular flexibility index (Phi) is 4.15. The second-order valence-corrected chi connectivity index (χ2v) is 3.78. The van der Waals surface area contributed by atoms with Crippen LogP contribution in [0, 0.1) is 0 Å². The van der Waals surface area contributed by atoms with Gasteiger partial charge in [0.25, 0.3) is 0 Å². The van der Waals surface area contributed by atoms with Gasteiger partial charge in [0.2, 0.25) is 0 Å². The van der Waals surface area contributed by atoms with Gasteiger partial charge < -0.3 is 15.6 Å². The topological polar surface area (TPSA) is 72.5 Å². The first-order valence-electron chi connectivity index (χ1n) is 4.86. The second kappa shape index (κ2) is 5.18. The summed E-state index contributed by atoms with van der Waals surface area (Å²) in [5, 5.41) is 9.27. The summed E-state index contributed by atoms with van der Waals surface area (Å²) in [6, 6.07) is 2.33. The summed E-state index contributed by atoms with van der Waals surface area (Å²) >= 11 is 5.99. The Hall–Kier alpha value is -1.26. The summed E-state index contributed by atoms with van der Waals surface area (Å²) in [4.78, 5) is 10.9. The van der Waals surface area contributed by atoms with E-state index in [-0.39, 0.29) is 0 Å². The summed E-state index contributed by atoms with van der Waals surface area (Å²) in [6.07, 6.45) is 0.753. The maximum Gasteiger partial charge on any atom is 0.325 e. The molecular formula is C11H14ClNO3. The number of methoxy groups -OCH3 is 1. The van der Waals surface area contributed by atoms with Crippen molar-refractivity contribution < 1.29 is 14.6 Å². The van der Waals surface area contributed by atoms with E-state index >= 15 is 0 Å². The van der Waals surface area contributed by atoms with Crippen molar-refractivity contribution in [3.05, 3.63) is 28.3 Å². The van der Waals surface area contributed by atoms with Crippen molar-refractivity contribution in [3.8, 4) is 5.75 Å². The third-order valence-corrected chi connectivity index (χ3v) is 2.63. The van der Waals surface area contributed by atoms with Crippen LogP contribution in [0.5, 0.6) is 5.75 Å². The van der Waals surface area contributed by atoms with Crippen molar-refractivity contribution in [1.29, 1.82) is 0 Å². The van der Waals surface area contributed by atoms with Crippen molar-refractivity contribution in [2.24, 2.45) is 5.73 Å². The van der Waals surface area contributed by atoms with Gasteiger partial charge in [0.05, 0.1) is 12.1 Å². The van der Waals surface area contributed by atoms with E-state index in [1.54, 1.807) is 12.1 Å². The molecule has 0 saturated carbocycles. The van der Waals surface area contributed by atoms with E-state index in [0.29, 0.717) is 16.3 Å². The van der Waals surface area contributed by atoms with Crippen molar-refractivity contribution >= 4 is 17.6 Å². The van der Waals surface area contributed by atoms with Crippen LogP contribution in [0.3, 0.4) is 0 Å². The van der Waals surface area contributed by atoms with E-state index in [1.165, 1.54) is 7.11 Å². The number of carboxylic acid groups (broad SMARTS) is 1. The lowest BCUT2D eigenvalue weighted by atomic mass is 10.0. The maximum absolute atomic E-state index is 10.9. The zero-order valence-electron chi connectivity index (χ0n) is 9.16. The number of carbonyl (C=O) groups is 1. The molecule has 0 aliphatic heterocycles. The monoisotopic (exact) mass is 243 g/mol. The molecule has 4 nitrogen and oxygen atoms in total. The fraction of sp³-hybridized carbons (Fsp3) is 0.364. The molecular weight excluding hydrogens is 230 g/mol. The molecule has 0 fully saturated rings. The largest absolute Gasteiger partial charge is 0.495 e. The molecule has 0 amide bonds. The molecule has 1 unspecified atom stereocenters. The molecule has 0 saturated heterocycles. The number of hydrogen-bond acceptors (Lipinski definition) is 3. The Balaban J connectivity index is 3.33. The zero-order chi connectivity index (χ0) is 12.3. The van der Waals surface area contributed by atoms with E-state index < -0.39 is 12.0 Å². The fourth-order valence-electron chi connectivity index (χ4n) is 1.46. The molecule has 0 bridgehead atoms. The van der Waals surface area contributed by atoms with Gasteiger partial charge in [-0.1, -0.05) is 18.5 Å². The molecule has 1 aromatic carbocycles. The third kappa shape index (κ3) is 2.46. The molecule has 0 heterocycles. The van der Waals surface area contributed by atoms with Crippen molar-refractivity contribution in [2.75, 3.05) is 7.11 Å². The molecule has 5 heteroatoms. The number of nitrogens with two attached hydrogens (primary N) is 1. The van der Waals surface area contributed by atoms with E-state index in [0.717, 1.165) is 12.0 Å². The summed E-state index contributed by atoms with van der Waals surface area (Å²) in [7, 11) is 1.44. The smallest absolute Gasteiger partial charge is 0.325 e. The number of hydrogen-bond donors (Lipinski definition) is 2. The minimum absolute atomic E-state index is 0.328. The van der Waals surface area contributed by atoms with Gasteiger partial charge in [-0.2, -0.15) is 0 Å². The van der Waals surface area contributed by atoms with Gasteiger partial charge in [0, 0.05) is 5.56 Å². The first kappa shape index (κ1) is 12.8. The predicted molar refractivity (Wildman–Crippen MR) is 61.9 cm³/mol. The highest BCUT2D eigenvalue weighted by Gasteiger charge is 2.21. The Morgan fingerprint density at radius 3 is 2.69 bits per heavy atom. The van der Waals surface area contributed by atoms with E-state index in [1.807, 2.05) is 6.92 Å². The maximum atomic E-state index is 10.9. The van der Waals surface area contributed by atoms with Gasteiger partial charge >= 0.3 is 5.97 Å². The predicted octanol–water partition coefficient (Wildman–Crippen LogP) is 2.00. The standard InChI is InChI=1S/C11H14ClNO3/c1-3-6-4-7(9(13)11(14)15)10(16-2)8(12)5-6/h4-5,9H,3,13H2,1-2H3,(H,14,15). The Bertz CT molecular complexity index is 406. The Labute approximate surface area is 99.0 Å². The highest BCUT2D eigenvalue weighted by Crippen LogP contribution is 2.33. The summed E-state index contributed by atoms with van der Waals surface area (Å²) in [5.74, 6) is -0.781. The number of carboxylic acids is 1. The molecule has 0 aromatic heterocycles. The molecule has 88 valence electrons. The summed E-state index contributed by atoms with van der Waals surface area (Å²) < 4.78 is 5.07. The highest BCUT2D eigenvalue weighted by atomic mass is 35.5. The van der Waals surface area contributed by atoms with Crippen LogP contribution >= 0.6 is 11.6 Å². The Morgan fingerprint density at radius 2 is 2.25 bits per heavy atom. The van der Waals surface area contributed by atoms with E-state index in [4.69, 9.17) is 27.2 Å². The fourth-order valence-corrected chi connectivity index (χ4v) is 1.78. The van der Waals surface area contributed by atoms with E-state index in [2.05, 4.69) is 0 Å². The number of benzene rings is 1. The zero-order valence-corrected chi connectivity index (χ0v) is 9.91. The van der Waals surface area contributed by atoms with Crippen LogP contribution in [0.25, 0.3) is 0 Å². The molecule has 1 rings (SSSR count). The van der Waals surface area contributed by atoms with Gasteiger partial charge in [-0.3, -0.25) is 4.79 Å². The van der Waals surface area contributed by atoms with Gasteiger partial charge in [0.15, 0.2) is 0 Å². The van der Waals surface area contributed by atoms with Crippen LogP contribution in [0.4, 0.5) is 0 Å². The lowest BCUT2D eigenvalue weighted by Crippen LogP contribution is -2.21. The molecule has 0 aliphatic carbocycles. The lowest BCUT2D eigenvalue weighted by molar-refractivity contribution is -0.138. The average Bonchev–Trinajstić information content (AvgIpc) is 2.26. The molecule has 0 radical (unpaired) electrons. The second-order valence-electron chi connectivity index (χ2n) is 3.37. The first-order valence-corrected chi connectivity index (χ1v) is 5.23. The summed E-state index contributed by atoms with van der Waals surface area (Å²) in [6.45, 7) is 1.95. The molecule has 16 heavy (non-hydrogen) atoms. The number of rotatable bonds is 4. The van der Waals surface area contributed by atoms with Crippen molar-refractivity contribution in [2.45, 2.75) is 19.4 Å². The van der Waals surface area contributed by atoms with Crippen LogP contribution in [0.15, 0.2) is 12.1 Å². The third-order valence-electron chi connectivity index (χ3n) is 2.35. The molecule has 1 aromatic rings. The molecule has 3 N–H and O–H groups in total. The minimum Gasteiger partial charge on any atom is -0.495 e. The molecule has 0 aliphatic rings. The normalized spacial score (nSPS) is 12.2. The number of aryl methyl sites for hydroxylation is 1. The van der Waals surface area contributed by atoms with Gasteiger partial charge in [-0.25, -0.2) is 0 Å². The Morgan fingerprint density at radius 1 is 1.62 bits per heavy atom. The van der Waals surface area contributed by atoms with Crippen LogP contribution < -0.4 is 10.5 Å².